The van der Waals surface area contributed by atoms with Crippen LogP contribution in [0, 0.1) is 11.8 Å². The Morgan fingerprint density at radius 1 is 0.290 bits per heavy atom. The number of hydrogen-bond donors (Lipinski definition) is 3. The molecule has 93 heavy (non-hydrogen) atoms. The first kappa shape index (κ1) is 91.1. The first-order chi connectivity index (χ1) is 44.9. The van der Waals surface area contributed by atoms with Crippen LogP contribution >= 0.6 is 15.6 Å². The van der Waals surface area contributed by atoms with Crippen molar-refractivity contribution in [1.29, 1.82) is 0 Å². The van der Waals surface area contributed by atoms with Gasteiger partial charge in [0.1, 0.15) is 19.3 Å². The Bertz CT molecular complexity index is 1800. The van der Waals surface area contributed by atoms with Gasteiger partial charge in [-0.15, -0.1) is 0 Å². The summed E-state index contributed by atoms with van der Waals surface area (Å²) in [5, 5.41) is 10.6. The summed E-state index contributed by atoms with van der Waals surface area (Å²) in [5.41, 5.74) is 0. The maximum Gasteiger partial charge on any atom is 0.472 e. The van der Waals surface area contributed by atoms with Crippen molar-refractivity contribution in [3.63, 3.8) is 0 Å². The van der Waals surface area contributed by atoms with E-state index in [2.05, 4.69) is 41.5 Å². The number of carbonyl (C=O) groups is 4. The molecule has 0 aliphatic rings. The average Bonchev–Trinajstić information content (AvgIpc) is 1.75. The topological polar surface area (TPSA) is 237 Å². The monoisotopic (exact) mass is 1370 g/mol. The molecule has 0 radical (unpaired) electrons. The summed E-state index contributed by atoms with van der Waals surface area (Å²) in [6.45, 7) is 9.55. The van der Waals surface area contributed by atoms with Gasteiger partial charge < -0.3 is 33.8 Å². The van der Waals surface area contributed by atoms with Gasteiger partial charge in [-0.05, 0) is 37.5 Å². The quantitative estimate of drug-likeness (QED) is 0.0222. The summed E-state index contributed by atoms with van der Waals surface area (Å²) in [4.78, 5) is 72.7. The zero-order valence-electron chi connectivity index (χ0n) is 60.6. The lowest BCUT2D eigenvalue weighted by Gasteiger charge is -2.21. The highest BCUT2D eigenvalue weighted by molar-refractivity contribution is 7.47. The molecule has 3 N–H and O–H groups in total. The largest absolute Gasteiger partial charge is 0.472 e. The predicted molar refractivity (Wildman–Crippen MR) is 377 cm³/mol. The molecule has 0 heterocycles. The van der Waals surface area contributed by atoms with E-state index in [0.29, 0.717) is 31.6 Å². The molecule has 2 unspecified atom stereocenters. The van der Waals surface area contributed by atoms with Crippen LogP contribution in [0.25, 0.3) is 0 Å². The minimum atomic E-state index is -4.96. The van der Waals surface area contributed by atoms with Crippen molar-refractivity contribution in [2.24, 2.45) is 11.8 Å². The molecular weight excluding hydrogens is 1220 g/mol. The standard InChI is InChI=1S/C74H144O17P2/c1-7-9-11-13-15-17-19-21-25-29-32-38-44-50-56-71(76)84-62-69(90-74(79)59-53-47-40-34-30-26-23-22-24-27-31-36-42-48-54-66(3)4)64-88-92(80,81)86-60-68(75)61-87-93(82,83)89-65-70(63-85-72(77)57-51-45-41-35-37-43-49-55-67(5)6)91-73(78)58-52-46-39-33-28-20-18-16-14-12-10-8-2/h66-70,75H,7-65H2,1-6H3,(H,80,81)(H,82,83)/t68-,69-,70-/m1/s1. The van der Waals surface area contributed by atoms with E-state index in [1.807, 2.05) is 0 Å². The van der Waals surface area contributed by atoms with Crippen LogP contribution in [-0.4, -0.2) is 96.7 Å². The van der Waals surface area contributed by atoms with Crippen molar-refractivity contribution in [2.45, 2.75) is 400 Å². The second-order valence-corrected chi connectivity index (χ2v) is 30.5. The van der Waals surface area contributed by atoms with Gasteiger partial charge in [-0.25, -0.2) is 9.13 Å². The Balaban J connectivity index is 5.24. The summed E-state index contributed by atoms with van der Waals surface area (Å²) in [7, 11) is -9.91. The normalized spacial score (nSPS) is 14.1. The molecule has 17 nitrogen and oxygen atoms in total. The van der Waals surface area contributed by atoms with E-state index in [4.69, 9.17) is 37.0 Å². The zero-order chi connectivity index (χ0) is 68.6. The number of unbranched alkanes of at least 4 members (excludes halogenated alkanes) is 43. The SMILES string of the molecule is CCCCCCCCCCCCCCCCC(=O)OC[C@H](COP(=O)(O)OC[C@@H](O)COP(=O)(O)OC[C@@H](COC(=O)CCCCCCCCCC(C)C)OC(=O)CCCCCCCCCCCCCC)OC(=O)CCCCCCCCCCCCCCCCC(C)C. The second-order valence-electron chi connectivity index (χ2n) is 27.6. The molecular formula is C74H144O17P2. The van der Waals surface area contributed by atoms with Gasteiger partial charge in [0.2, 0.25) is 0 Å². The fourth-order valence-corrected chi connectivity index (χ4v) is 12.9. The predicted octanol–water partition coefficient (Wildman–Crippen LogP) is 21.6. The van der Waals surface area contributed by atoms with Gasteiger partial charge >= 0.3 is 39.5 Å². The Kier molecular flexibility index (Phi) is 64.6. The van der Waals surface area contributed by atoms with Crippen molar-refractivity contribution in [1.82, 2.24) is 0 Å². The van der Waals surface area contributed by atoms with Crippen molar-refractivity contribution in [3.05, 3.63) is 0 Å². The van der Waals surface area contributed by atoms with Gasteiger partial charge in [0.15, 0.2) is 12.2 Å². The lowest BCUT2D eigenvalue weighted by atomic mass is 10.0. The molecule has 0 bridgehead atoms. The van der Waals surface area contributed by atoms with Crippen LogP contribution in [0.1, 0.15) is 382 Å². The number of hydrogen-bond acceptors (Lipinski definition) is 15. The minimum absolute atomic E-state index is 0.107. The van der Waals surface area contributed by atoms with Crippen LogP contribution < -0.4 is 0 Å². The third kappa shape index (κ3) is 68.4. The van der Waals surface area contributed by atoms with Crippen molar-refractivity contribution in [3.8, 4) is 0 Å². The molecule has 0 aromatic carbocycles. The number of carbonyl (C=O) groups excluding carboxylic acids is 4. The van der Waals surface area contributed by atoms with Gasteiger partial charge in [-0.3, -0.25) is 37.3 Å². The molecule has 5 atom stereocenters. The van der Waals surface area contributed by atoms with Crippen molar-refractivity contribution in [2.75, 3.05) is 39.6 Å². The van der Waals surface area contributed by atoms with E-state index < -0.39 is 97.5 Å². The summed E-state index contributed by atoms with van der Waals surface area (Å²) >= 11 is 0. The van der Waals surface area contributed by atoms with Crippen LogP contribution in [0.15, 0.2) is 0 Å². The number of aliphatic hydroxyl groups is 1. The summed E-state index contributed by atoms with van der Waals surface area (Å²) in [6, 6.07) is 0. The third-order valence-corrected chi connectivity index (χ3v) is 19.1. The Labute approximate surface area is 568 Å². The maximum absolute atomic E-state index is 13.1. The molecule has 0 spiro atoms. The lowest BCUT2D eigenvalue weighted by molar-refractivity contribution is -0.161. The highest BCUT2D eigenvalue weighted by Crippen LogP contribution is 2.45. The first-order valence-corrected chi connectivity index (χ1v) is 41.5. The van der Waals surface area contributed by atoms with Gasteiger partial charge in [-0.2, -0.15) is 0 Å². The van der Waals surface area contributed by atoms with Crippen molar-refractivity contribution < 1.29 is 80.2 Å². The smallest absolute Gasteiger partial charge is 0.462 e. The zero-order valence-corrected chi connectivity index (χ0v) is 62.3. The van der Waals surface area contributed by atoms with E-state index in [1.165, 1.54) is 193 Å². The Hall–Kier alpha value is -1.94. The van der Waals surface area contributed by atoms with E-state index in [9.17, 15) is 43.2 Å². The van der Waals surface area contributed by atoms with Gasteiger partial charge in [0.05, 0.1) is 26.4 Å². The fraction of sp³-hybridized carbons (Fsp3) is 0.946. The number of aliphatic hydroxyl groups excluding tert-OH is 1. The highest BCUT2D eigenvalue weighted by Gasteiger charge is 2.30. The van der Waals surface area contributed by atoms with Gasteiger partial charge in [-0.1, -0.05) is 330 Å². The molecule has 0 amide bonds. The molecule has 0 aliphatic heterocycles. The maximum atomic E-state index is 13.1. The summed E-state index contributed by atoms with van der Waals surface area (Å²) in [5.74, 6) is -0.617. The lowest BCUT2D eigenvalue weighted by Crippen LogP contribution is -2.30. The molecule has 0 rings (SSSR count). The first-order valence-electron chi connectivity index (χ1n) is 38.5. The van der Waals surface area contributed by atoms with E-state index in [1.54, 1.807) is 0 Å². The molecule has 0 aromatic rings. The van der Waals surface area contributed by atoms with Crippen LogP contribution in [0.2, 0.25) is 0 Å². The number of phosphoric acid groups is 2. The Morgan fingerprint density at radius 3 is 0.731 bits per heavy atom. The molecule has 0 aromatic heterocycles. The van der Waals surface area contributed by atoms with Gasteiger partial charge in [0, 0.05) is 25.7 Å². The second kappa shape index (κ2) is 66.0. The molecule has 0 saturated carbocycles. The third-order valence-electron chi connectivity index (χ3n) is 17.2. The van der Waals surface area contributed by atoms with E-state index >= 15 is 0 Å². The van der Waals surface area contributed by atoms with Crippen LogP contribution in [-0.2, 0) is 65.4 Å². The molecule has 19 heteroatoms. The molecule has 0 aliphatic carbocycles. The molecule has 0 fully saturated rings. The van der Waals surface area contributed by atoms with Crippen LogP contribution in [0.4, 0.5) is 0 Å². The number of phosphoric ester groups is 2. The average molecular weight is 1370 g/mol. The van der Waals surface area contributed by atoms with E-state index in [0.717, 1.165) is 102 Å². The minimum Gasteiger partial charge on any atom is -0.462 e. The van der Waals surface area contributed by atoms with Crippen LogP contribution in [0.3, 0.4) is 0 Å². The van der Waals surface area contributed by atoms with Gasteiger partial charge in [0.25, 0.3) is 0 Å². The number of ether oxygens (including phenoxy) is 4. The highest BCUT2D eigenvalue weighted by atomic mass is 31.2. The number of esters is 4. The Morgan fingerprint density at radius 2 is 0.495 bits per heavy atom. The molecule has 0 saturated heterocycles. The van der Waals surface area contributed by atoms with Crippen molar-refractivity contribution >= 4 is 39.5 Å². The molecule has 552 valence electrons. The number of rotatable bonds is 73. The van der Waals surface area contributed by atoms with Crippen LogP contribution in [0.5, 0.6) is 0 Å². The fourth-order valence-electron chi connectivity index (χ4n) is 11.3. The summed E-state index contributed by atoms with van der Waals surface area (Å²) in [6.07, 6.45) is 52.7. The summed E-state index contributed by atoms with van der Waals surface area (Å²) < 4.78 is 68.4. The van der Waals surface area contributed by atoms with E-state index in [-0.39, 0.29) is 25.7 Å².